The zero-order chi connectivity index (χ0) is 15.1. The second kappa shape index (κ2) is 8.03. The second-order valence-electron chi connectivity index (χ2n) is 5.95. The van der Waals surface area contributed by atoms with Gasteiger partial charge in [0.2, 0.25) is 0 Å². The number of benzene rings is 1. The molecule has 1 aliphatic rings. The molecule has 0 unspecified atom stereocenters. The van der Waals surface area contributed by atoms with Crippen molar-refractivity contribution in [2.75, 3.05) is 31.2 Å². The van der Waals surface area contributed by atoms with Crippen LogP contribution >= 0.6 is 0 Å². The second-order valence-corrected chi connectivity index (χ2v) is 5.95. The molecule has 0 fully saturated rings. The fourth-order valence-corrected chi connectivity index (χ4v) is 2.62. The normalized spacial score (nSPS) is 17.1. The maximum absolute atomic E-state index is 9.19. The van der Waals surface area contributed by atoms with Crippen LogP contribution in [0.25, 0.3) is 0 Å². The van der Waals surface area contributed by atoms with Crippen LogP contribution in [-0.4, -0.2) is 37.2 Å². The Labute approximate surface area is 127 Å². The Morgan fingerprint density at radius 3 is 2.86 bits per heavy atom. The number of fused-ring (bicyclic) bond motifs is 1. The SMILES string of the molecule is CC(C)CCOCCN1CCC/C(=N/O)c2ccccc21. The Balaban J connectivity index is 1.96. The molecule has 0 saturated carbocycles. The molecule has 1 aromatic carbocycles. The Morgan fingerprint density at radius 2 is 2.10 bits per heavy atom. The number of para-hydroxylation sites is 1. The molecule has 116 valence electrons. The van der Waals surface area contributed by atoms with E-state index in [0.717, 1.165) is 62.5 Å². The van der Waals surface area contributed by atoms with Gasteiger partial charge < -0.3 is 14.8 Å². The lowest BCUT2D eigenvalue weighted by Gasteiger charge is -2.24. The van der Waals surface area contributed by atoms with Crippen molar-refractivity contribution in [2.45, 2.75) is 33.1 Å². The van der Waals surface area contributed by atoms with Crippen molar-refractivity contribution in [3.05, 3.63) is 29.8 Å². The lowest BCUT2D eigenvalue weighted by atomic mass is 10.1. The molecule has 21 heavy (non-hydrogen) atoms. The highest BCUT2D eigenvalue weighted by Gasteiger charge is 2.19. The van der Waals surface area contributed by atoms with Crippen molar-refractivity contribution in [2.24, 2.45) is 11.1 Å². The van der Waals surface area contributed by atoms with E-state index in [9.17, 15) is 5.21 Å². The van der Waals surface area contributed by atoms with Crippen molar-refractivity contribution < 1.29 is 9.94 Å². The van der Waals surface area contributed by atoms with E-state index in [4.69, 9.17) is 4.74 Å². The Kier molecular flexibility index (Phi) is 6.05. The zero-order valence-electron chi connectivity index (χ0n) is 13.1. The highest BCUT2D eigenvalue weighted by atomic mass is 16.5. The molecule has 0 radical (unpaired) electrons. The fraction of sp³-hybridized carbons (Fsp3) is 0.588. The average Bonchev–Trinajstić information content (AvgIpc) is 2.66. The Hall–Kier alpha value is -1.55. The van der Waals surface area contributed by atoms with Crippen molar-refractivity contribution in [1.29, 1.82) is 0 Å². The summed E-state index contributed by atoms with van der Waals surface area (Å²) in [6.45, 7) is 7.86. The Morgan fingerprint density at radius 1 is 1.29 bits per heavy atom. The maximum Gasteiger partial charge on any atom is 0.0889 e. The van der Waals surface area contributed by atoms with Crippen molar-refractivity contribution in [1.82, 2.24) is 0 Å². The first-order chi connectivity index (χ1) is 10.2. The van der Waals surface area contributed by atoms with Gasteiger partial charge in [0.05, 0.1) is 12.3 Å². The van der Waals surface area contributed by atoms with Gasteiger partial charge in [-0.1, -0.05) is 37.2 Å². The summed E-state index contributed by atoms with van der Waals surface area (Å²) in [6.07, 6.45) is 2.93. The lowest BCUT2D eigenvalue weighted by Crippen LogP contribution is -2.28. The summed E-state index contributed by atoms with van der Waals surface area (Å²) >= 11 is 0. The van der Waals surface area contributed by atoms with E-state index in [-0.39, 0.29) is 0 Å². The minimum Gasteiger partial charge on any atom is -0.411 e. The monoisotopic (exact) mass is 290 g/mol. The van der Waals surface area contributed by atoms with Gasteiger partial charge in [-0.15, -0.1) is 0 Å². The number of hydrogen-bond donors (Lipinski definition) is 1. The smallest absolute Gasteiger partial charge is 0.0889 e. The summed E-state index contributed by atoms with van der Waals surface area (Å²) in [5, 5.41) is 12.7. The van der Waals surface area contributed by atoms with Gasteiger partial charge in [-0.25, -0.2) is 0 Å². The molecule has 0 spiro atoms. The summed E-state index contributed by atoms with van der Waals surface area (Å²) in [5.41, 5.74) is 2.98. The summed E-state index contributed by atoms with van der Waals surface area (Å²) in [7, 11) is 0. The van der Waals surface area contributed by atoms with Crippen LogP contribution in [0.1, 0.15) is 38.7 Å². The Bertz CT molecular complexity index is 472. The van der Waals surface area contributed by atoms with Gasteiger partial charge in [-0.3, -0.25) is 0 Å². The number of rotatable bonds is 6. The number of oxime groups is 1. The topological polar surface area (TPSA) is 45.1 Å². The largest absolute Gasteiger partial charge is 0.411 e. The van der Waals surface area contributed by atoms with Crippen molar-refractivity contribution in [3.63, 3.8) is 0 Å². The van der Waals surface area contributed by atoms with Crippen LogP contribution in [0.4, 0.5) is 5.69 Å². The quantitative estimate of drug-likeness (QED) is 0.495. The molecule has 1 aliphatic heterocycles. The predicted molar refractivity (Wildman–Crippen MR) is 86.5 cm³/mol. The highest BCUT2D eigenvalue weighted by Crippen LogP contribution is 2.26. The van der Waals surface area contributed by atoms with E-state index in [1.54, 1.807) is 0 Å². The molecule has 1 aromatic rings. The van der Waals surface area contributed by atoms with Gasteiger partial charge in [0.25, 0.3) is 0 Å². The number of ether oxygens (including phenoxy) is 1. The van der Waals surface area contributed by atoms with Crippen LogP contribution < -0.4 is 4.90 Å². The number of nitrogens with zero attached hydrogens (tertiary/aromatic N) is 2. The third-order valence-electron chi connectivity index (χ3n) is 3.86. The van der Waals surface area contributed by atoms with Crippen LogP contribution in [0, 0.1) is 5.92 Å². The van der Waals surface area contributed by atoms with Crippen LogP contribution in [0.3, 0.4) is 0 Å². The van der Waals surface area contributed by atoms with Gasteiger partial charge >= 0.3 is 0 Å². The summed E-state index contributed by atoms with van der Waals surface area (Å²) in [6, 6.07) is 8.15. The first-order valence-electron chi connectivity index (χ1n) is 7.85. The minimum absolute atomic E-state index is 0.687. The van der Waals surface area contributed by atoms with E-state index >= 15 is 0 Å². The number of hydrogen-bond acceptors (Lipinski definition) is 4. The first-order valence-corrected chi connectivity index (χ1v) is 7.85. The predicted octanol–water partition coefficient (Wildman–Crippen LogP) is 3.53. The van der Waals surface area contributed by atoms with Gasteiger partial charge in [-0.2, -0.15) is 0 Å². The standard InChI is InChI=1S/C17H26N2O2/c1-14(2)9-12-21-13-11-19-10-5-7-16(18-20)15-6-3-4-8-17(15)19/h3-4,6,8,14,20H,5,7,9-13H2,1-2H3/b18-16-. The fourth-order valence-electron chi connectivity index (χ4n) is 2.62. The van der Waals surface area contributed by atoms with E-state index in [1.165, 1.54) is 0 Å². The summed E-state index contributed by atoms with van der Waals surface area (Å²) < 4.78 is 5.73. The molecular formula is C17H26N2O2. The molecule has 1 N–H and O–H groups in total. The lowest BCUT2D eigenvalue weighted by molar-refractivity contribution is 0.129. The molecule has 1 heterocycles. The average molecular weight is 290 g/mol. The summed E-state index contributed by atoms with van der Waals surface area (Å²) in [5.74, 6) is 0.687. The van der Waals surface area contributed by atoms with E-state index in [2.05, 4.69) is 30.0 Å². The van der Waals surface area contributed by atoms with Crippen LogP contribution in [0.15, 0.2) is 29.4 Å². The van der Waals surface area contributed by atoms with E-state index in [1.807, 2.05) is 18.2 Å². The van der Waals surface area contributed by atoms with Gasteiger partial charge in [0.15, 0.2) is 0 Å². The molecule has 0 atom stereocenters. The first kappa shape index (κ1) is 15.8. The molecule has 2 rings (SSSR count). The minimum atomic E-state index is 0.687. The molecule has 0 saturated heterocycles. The zero-order valence-corrected chi connectivity index (χ0v) is 13.1. The third kappa shape index (κ3) is 4.46. The molecule has 0 aliphatic carbocycles. The van der Waals surface area contributed by atoms with Gasteiger partial charge in [0.1, 0.15) is 0 Å². The van der Waals surface area contributed by atoms with Gasteiger partial charge in [0, 0.05) is 30.9 Å². The van der Waals surface area contributed by atoms with E-state index in [0.29, 0.717) is 5.92 Å². The van der Waals surface area contributed by atoms with Crippen LogP contribution in [-0.2, 0) is 4.74 Å². The van der Waals surface area contributed by atoms with Crippen LogP contribution in [0.5, 0.6) is 0 Å². The van der Waals surface area contributed by atoms with Gasteiger partial charge in [-0.05, 0) is 31.2 Å². The molecule has 0 bridgehead atoms. The molecule has 4 heteroatoms. The van der Waals surface area contributed by atoms with Crippen LogP contribution in [0.2, 0.25) is 0 Å². The molecule has 4 nitrogen and oxygen atoms in total. The van der Waals surface area contributed by atoms with E-state index < -0.39 is 0 Å². The molecular weight excluding hydrogens is 264 g/mol. The molecule has 0 aromatic heterocycles. The number of anilines is 1. The third-order valence-corrected chi connectivity index (χ3v) is 3.86. The van der Waals surface area contributed by atoms with Crippen molar-refractivity contribution in [3.8, 4) is 0 Å². The molecule has 0 amide bonds. The van der Waals surface area contributed by atoms with Crippen molar-refractivity contribution >= 4 is 11.4 Å². The maximum atomic E-state index is 9.19. The highest BCUT2D eigenvalue weighted by molar-refractivity contribution is 6.05. The summed E-state index contributed by atoms with van der Waals surface area (Å²) in [4.78, 5) is 2.34.